The van der Waals surface area contributed by atoms with Gasteiger partial charge in [-0.05, 0) is 25.1 Å². The Labute approximate surface area is 104 Å². The largest absolute Gasteiger partial charge is 0.493 e. The molecule has 5 heteroatoms. The average Bonchev–Trinajstić information content (AvgIpc) is 2.28. The molecule has 0 aliphatic heterocycles. The zero-order valence-electron chi connectivity index (χ0n) is 9.40. The van der Waals surface area contributed by atoms with Gasteiger partial charge in [0.15, 0.2) is 5.78 Å². The lowest BCUT2D eigenvalue weighted by Crippen LogP contribution is -2.06. The Balaban J connectivity index is 2.89. The first-order valence-electron chi connectivity index (χ1n) is 5.22. The molecular formula is C12H13ClO4. The van der Waals surface area contributed by atoms with Gasteiger partial charge >= 0.3 is 5.97 Å². The van der Waals surface area contributed by atoms with Crippen LogP contribution in [0.25, 0.3) is 0 Å². The summed E-state index contributed by atoms with van der Waals surface area (Å²) in [6, 6.07) is 4.73. The van der Waals surface area contributed by atoms with Crippen molar-refractivity contribution in [2.45, 2.75) is 19.8 Å². The van der Waals surface area contributed by atoms with Gasteiger partial charge in [0.2, 0.25) is 0 Å². The number of rotatable bonds is 6. The van der Waals surface area contributed by atoms with E-state index in [1.165, 1.54) is 6.07 Å². The molecule has 0 unspecified atom stereocenters. The van der Waals surface area contributed by atoms with Crippen LogP contribution in [0.1, 0.15) is 30.1 Å². The monoisotopic (exact) mass is 256 g/mol. The number of carbonyl (C=O) groups excluding carboxylic acids is 1. The van der Waals surface area contributed by atoms with Crippen LogP contribution in [0.3, 0.4) is 0 Å². The van der Waals surface area contributed by atoms with Gasteiger partial charge in [-0.25, -0.2) is 0 Å². The first-order valence-corrected chi connectivity index (χ1v) is 5.59. The van der Waals surface area contributed by atoms with Crippen LogP contribution >= 0.6 is 11.6 Å². The van der Waals surface area contributed by atoms with Crippen LogP contribution < -0.4 is 4.74 Å². The SMILES string of the molecule is CCOc1ccc(Cl)cc1C(=O)CCC(=O)O. The molecule has 92 valence electrons. The molecule has 0 radical (unpaired) electrons. The van der Waals surface area contributed by atoms with Gasteiger partial charge in [-0.3, -0.25) is 9.59 Å². The average molecular weight is 257 g/mol. The molecule has 17 heavy (non-hydrogen) atoms. The predicted molar refractivity (Wildman–Crippen MR) is 63.8 cm³/mol. The van der Waals surface area contributed by atoms with Crippen molar-refractivity contribution in [2.24, 2.45) is 0 Å². The predicted octanol–water partition coefficient (Wildman–Crippen LogP) is 2.79. The van der Waals surface area contributed by atoms with Crippen LogP contribution in [-0.2, 0) is 4.79 Å². The van der Waals surface area contributed by atoms with Crippen molar-refractivity contribution >= 4 is 23.4 Å². The lowest BCUT2D eigenvalue weighted by atomic mass is 10.1. The molecule has 0 saturated heterocycles. The maximum atomic E-state index is 11.8. The summed E-state index contributed by atoms with van der Waals surface area (Å²) in [4.78, 5) is 22.2. The molecule has 0 fully saturated rings. The van der Waals surface area contributed by atoms with Crippen LogP contribution in [-0.4, -0.2) is 23.5 Å². The highest BCUT2D eigenvalue weighted by Crippen LogP contribution is 2.24. The minimum atomic E-state index is -1.00. The molecule has 0 aliphatic rings. The molecule has 1 N–H and O–H groups in total. The number of hydrogen-bond acceptors (Lipinski definition) is 3. The van der Waals surface area contributed by atoms with E-state index in [9.17, 15) is 9.59 Å². The summed E-state index contributed by atoms with van der Waals surface area (Å²) < 4.78 is 5.29. The lowest BCUT2D eigenvalue weighted by Gasteiger charge is -2.09. The Morgan fingerprint density at radius 1 is 1.35 bits per heavy atom. The zero-order chi connectivity index (χ0) is 12.8. The molecule has 0 aliphatic carbocycles. The molecule has 0 saturated carbocycles. The maximum absolute atomic E-state index is 11.8. The van der Waals surface area contributed by atoms with Crippen molar-refractivity contribution in [2.75, 3.05) is 6.61 Å². The van der Waals surface area contributed by atoms with E-state index in [1.807, 2.05) is 0 Å². The molecule has 0 heterocycles. The maximum Gasteiger partial charge on any atom is 0.303 e. The molecule has 1 rings (SSSR count). The van der Waals surface area contributed by atoms with Gasteiger partial charge in [0.05, 0.1) is 18.6 Å². The number of benzene rings is 1. The summed E-state index contributed by atoms with van der Waals surface area (Å²) in [6.07, 6.45) is -0.257. The summed E-state index contributed by atoms with van der Waals surface area (Å²) in [5.41, 5.74) is 0.334. The first-order chi connectivity index (χ1) is 8.04. The third-order valence-corrected chi connectivity index (χ3v) is 2.34. The fraction of sp³-hybridized carbons (Fsp3) is 0.333. The molecule has 0 bridgehead atoms. The highest BCUT2D eigenvalue weighted by atomic mass is 35.5. The third kappa shape index (κ3) is 4.07. The van der Waals surface area contributed by atoms with Crippen LogP contribution in [0.4, 0.5) is 0 Å². The zero-order valence-corrected chi connectivity index (χ0v) is 10.2. The van der Waals surface area contributed by atoms with Crippen LogP contribution in [0.15, 0.2) is 18.2 Å². The molecule has 0 amide bonds. The van der Waals surface area contributed by atoms with Gasteiger partial charge in [0, 0.05) is 11.4 Å². The number of Topliss-reactive ketones (excluding diaryl/α,β-unsaturated/α-hetero) is 1. The standard InChI is InChI=1S/C12H13ClO4/c1-2-17-11-5-3-8(13)7-9(11)10(14)4-6-12(15)16/h3,5,7H,2,4,6H2,1H3,(H,15,16). The number of aliphatic carboxylic acids is 1. The fourth-order valence-corrected chi connectivity index (χ4v) is 1.53. The number of carboxylic acids is 1. The Bertz CT molecular complexity index is 429. The first kappa shape index (κ1) is 13.5. The van der Waals surface area contributed by atoms with E-state index in [0.717, 1.165) is 0 Å². The molecular weight excluding hydrogens is 244 g/mol. The van der Waals surface area contributed by atoms with Crippen molar-refractivity contribution in [3.05, 3.63) is 28.8 Å². The molecule has 0 aromatic heterocycles. The Hall–Kier alpha value is -1.55. The second-order valence-electron chi connectivity index (χ2n) is 3.39. The topological polar surface area (TPSA) is 63.6 Å². The lowest BCUT2D eigenvalue weighted by molar-refractivity contribution is -0.136. The number of ether oxygens (including phenoxy) is 1. The Morgan fingerprint density at radius 3 is 2.65 bits per heavy atom. The number of carboxylic acid groups (broad SMARTS) is 1. The van der Waals surface area contributed by atoms with Crippen molar-refractivity contribution in [3.63, 3.8) is 0 Å². The Kier molecular flexibility index (Phi) is 4.97. The molecule has 1 aromatic rings. The van der Waals surface area contributed by atoms with E-state index >= 15 is 0 Å². The van der Waals surface area contributed by atoms with Gasteiger partial charge in [-0.1, -0.05) is 11.6 Å². The van der Waals surface area contributed by atoms with Gasteiger partial charge in [-0.2, -0.15) is 0 Å². The van der Waals surface area contributed by atoms with Gasteiger partial charge in [0.25, 0.3) is 0 Å². The molecule has 0 spiro atoms. The van der Waals surface area contributed by atoms with E-state index < -0.39 is 5.97 Å². The molecule has 1 aromatic carbocycles. The second-order valence-corrected chi connectivity index (χ2v) is 3.83. The van der Waals surface area contributed by atoms with Gasteiger partial charge in [-0.15, -0.1) is 0 Å². The van der Waals surface area contributed by atoms with E-state index in [2.05, 4.69) is 0 Å². The van der Waals surface area contributed by atoms with Crippen LogP contribution in [0, 0.1) is 0 Å². The van der Waals surface area contributed by atoms with E-state index in [1.54, 1.807) is 19.1 Å². The van der Waals surface area contributed by atoms with Crippen LogP contribution in [0.2, 0.25) is 5.02 Å². The summed E-state index contributed by atoms with van der Waals surface area (Å²) in [6.45, 7) is 2.24. The number of ketones is 1. The van der Waals surface area contributed by atoms with Crippen molar-refractivity contribution < 1.29 is 19.4 Å². The highest BCUT2D eigenvalue weighted by molar-refractivity contribution is 6.31. The Morgan fingerprint density at radius 2 is 2.06 bits per heavy atom. The highest BCUT2D eigenvalue weighted by Gasteiger charge is 2.14. The minimum absolute atomic E-state index is 0.0598. The van der Waals surface area contributed by atoms with Gasteiger partial charge < -0.3 is 9.84 Å². The second kappa shape index (κ2) is 6.25. The third-order valence-electron chi connectivity index (χ3n) is 2.11. The minimum Gasteiger partial charge on any atom is -0.493 e. The van der Waals surface area contributed by atoms with E-state index in [0.29, 0.717) is 22.9 Å². The van der Waals surface area contributed by atoms with Crippen molar-refractivity contribution in [3.8, 4) is 5.75 Å². The number of carbonyl (C=O) groups is 2. The van der Waals surface area contributed by atoms with Crippen molar-refractivity contribution in [1.82, 2.24) is 0 Å². The smallest absolute Gasteiger partial charge is 0.303 e. The number of halogens is 1. The van der Waals surface area contributed by atoms with Gasteiger partial charge in [0.1, 0.15) is 5.75 Å². The number of hydrogen-bond donors (Lipinski definition) is 1. The normalized spacial score (nSPS) is 10.0. The van der Waals surface area contributed by atoms with E-state index in [4.69, 9.17) is 21.4 Å². The molecule has 4 nitrogen and oxygen atoms in total. The van der Waals surface area contributed by atoms with Crippen LogP contribution in [0.5, 0.6) is 5.75 Å². The quantitative estimate of drug-likeness (QED) is 0.795. The summed E-state index contributed by atoms with van der Waals surface area (Å²) in [5.74, 6) is -0.844. The van der Waals surface area contributed by atoms with E-state index in [-0.39, 0.29) is 18.6 Å². The van der Waals surface area contributed by atoms with Crippen molar-refractivity contribution in [1.29, 1.82) is 0 Å². The summed E-state index contributed by atoms with van der Waals surface area (Å²) in [5, 5.41) is 8.95. The fourth-order valence-electron chi connectivity index (χ4n) is 1.36. The summed E-state index contributed by atoms with van der Waals surface area (Å²) in [7, 11) is 0. The summed E-state index contributed by atoms with van der Waals surface area (Å²) >= 11 is 5.80. The molecule has 0 atom stereocenters.